The Kier molecular flexibility index (Phi) is 18.0. The van der Waals surface area contributed by atoms with E-state index in [2.05, 4.69) is 53.7 Å². The average molecular weight is 991 g/mol. The van der Waals surface area contributed by atoms with Crippen molar-refractivity contribution < 1.29 is 83.4 Å². The molecule has 5 aromatic rings. The van der Waals surface area contributed by atoms with Crippen LogP contribution in [-0.4, -0.2) is 74.8 Å². The number of phenols is 1. The third-order valence-electron chi connectivity index (χ3n) is 7.82. The van der Waals surface area contributed by atoms with Gasteiger partial charge in [-0.25, -0.2) is 18.9 Å². The lowest BCUT2D eigenvalue weighted by Crippen LogP contribution is -2.25. The maximum Gasteiger partial charge on any atom is 0.433 e. The molecule has 5 rings (SSSR count). The topological polar surface area (TPSA) is 369 Å². The van der Waals surface area contributed by atoms with Gasteiger partial charge in [-0.15, -0.1) is 24.0 Å². The fourth-order valence-corrected chi connectivity index (χ4v) is 8.67. The van der Waals surface area contributed by atoms with Crippen molar-refractivity contribution in [2.45, 2.75) is 24.5 Å². The summed E-state index contributed by atoms with van der Waals surface area (Å²) in [6.07, 6.45) is 1.89. The summed E-state index contributed by atoms with van der Waals surface area (Å²) in [5.74, 6) is -1.24. The van der Waals surface area contributed by atoms with E-state index in [0.29, 0.717) is 29.0 Å². The van der Waals surface area contributed by atoms with E-state index in [-0.39, 0.29) is 66.0 Å². The summed E-state index contributed by atoms with van der Waals surface area (Å²) in [6.45, 7) is 0.115. The number of nitrogen functional groups attached to an aromatic ring is 1. The number of phenolic OH excluding ortho intramolecular Hbond substituents is 1. The highest BCUT2D eigenvalue weighted by atomic mass is 32.3. The number of sulfone groups is 1. The van der Waals surface area contributed by atoms with E-state index in [1.54, 1.807) is 24.1 Å². The first-order chi connectivity index (χ1) is 29.4. The Labute approximate surface area is 369 Å². The minimum absolute atomic E-state index is 0. The minimum atomic E-state index is -5.18. The van der Waals surface area contributed by atoms with Gasteiger partial charge in [0.2, 0.25) is 0 Å². The lowest BCUT2D eigenvalue weighted by atomic mass is 10.1. The molecule has 0 spiro atoms. The van der Waals surface area contributed by atoms with Crippen LogP contribution in [0.2, 0.25) is 0 Å². The van der Waals surface area contributed by atoms with Crippen LogP contribution >= 0.6 is 35.8 Å². The Hall–Kier alpha value is -5.18. The lowest BCUT2D eigenvalue weighted by molar-refractivity contribution is -0.432. The second-order valence-corrected chi connectivity index (χ2v) is 18.6. The molecule has 24 nitrogen and oxygen atoms in total. The highest BCUT2D eigenvalue weighted by molar-refractivity contribution is 8.04. The van der Waals surface area contributed by atoms with Gasteiger partial charge in [0.25, 0.3) is 10.1 Å². The first kappa shape index (κ1) is 50.5. The minimum Gasteiger partial charge on any atom is -0.505 e. The number of hydrogen-bond donors (Lipinski definition) is 6. The van der Waals surface area contributed by atoms with Crippen LogP contribution in [0.3, 0.4) is 0 Å². The molecule has 63 heavy (non-hydrogen) atoms. The zero-order valence-corrected chi connectivity index (χ0v) is 36.3. The SMILES string of the molecule is CN(CCS(=O)(=O)c1ccc(N=Nc2c(S(=O)(=O)O)cc3cc(SOOO)c(N=Nc4ccc(SC#COOS(=O)(=O)O)cc4)c(N)c3c2O)c(SOOO)c1)c1ccccc1.O. The Morgan fingerprint density at radius 2 is 1.44 bits per heavy atom. The predicted molar refractivity (Wildman–Crippen MR) is 225 cm³/mol. The zero-order chi connectivity index (χ0) is 45.1. The third-order valence-corrected chi connectivity index (χ3v) is 12.6. The Morgan fingerprint density at radius 1 is 0.794 bits per heavy atom. The van der Waals surface area contributed by atoms with E-state index < -0.39 is 46.7 Å². The van der Waals surface area contributed by atoms with Crippen LogP contribution in [0.15, 0.2) is 130 Å². The van der Waals surface area contributed by atoms with Gasteiger partial charge in [0.15, 0.2) is 21.7 Å². The molecule has 0 atom stereocenters. The number of benzene rings is 5. The van der Waals surface area contributed by atoms with E-state index in [1.807, 2.05) is 24.3 Å². The molecular weight excluding hydrogens is 961 g/mol. The highest BCUT2D eigenvalue weighted by Gasteiger charge is 2.26. The molecule has 0 saturated carbocycles. The van der Waals surface area contributed by atoms with Gasteiger partial charge < -0.3 is 21.2 Å². The first-order valence-corrected chi connectivity index (χ1v) is 23.1. The van der Waals surface area contributed by atoms with E-state index in [1.165, 1.54) is 42.5 Å². The summed E-state index contributed by atoms with van der Waals surface area (Å²) < 4.78 is 104. The number of hydrogen-bond acceptors (Lipinski definition) is 24. The molecule has 0 aliphatic heterocycles. The Morgan fingerprint density at radius 3 is 2.08 bits per heavy atom. The molecule has 5 aromatic carbocycles. The second-order valence-electron chi connectivity index (χ2n) is 11.7. The molecule has 0 radical (unpaired) electrons. The normalized spacial score (nSPS) is 12.0. The van der Waals surface area contributed by atoms with Gasteiger partial charge in [0, 0.05) is 29.4 Å². The number of thioether (sulfide) groups is 1. The molecular formula is C33H30N6O18S6. The molecule has 30 heteroatoms. The van der Waals surface area contributed by atoms with Gasteiger partial charge in [-0.2, -0.15) is 21.9 Å². The van der Waals surface area contributed by atoms with Crippen LogP contribution in [0.25, 0.3) is 10.8 Å². The highest BCUT2D eigenvalue weighted by Crippen LogP contribution is 2.49. The Bertz CT molecular complexity index is 2880. The predicted octanol–water partition coefficient (Wildman–Crippen LogP) is 6.91. The molecule has 9 N–H and O–H groups in total. The smallest absolute Gasteiger partial charge is 0.433 e. The third kappa shape index (κ3) is 13.9. The van der Waals surface area contributed by atoms with Gasteiger partial charge in [0.05, 0.1) is 61.3 Å². The summed E-state index contributed by atoms with van der Waals surface area (Å²) in [4.78, 5) is 4.99. The van der Waals surface area contributed by atoms with Crippen LogP contribution in [0, 0.1) is 11.4 Å². The van der Waals surface area contributed by atoms with Crippen molar-refractivity contribution in [2.24, 2.45) is 20.5 Å². The van der Waals surface area contributed by atoms with Gasteiger partial charge in [0.1, 0.15) is 22.0 Å². The van der Waals surface area contributed by atoms with Gasteiger partial charge in [-0.05, 0) is 88.2 Å². The number of rotatable bonds is 19. The number of anilines is 2. The van der Waals surface area contributed by atoms with Crippen LogP contribution in [0.1, 0.15) is 0 Å². The summed E-state index contributed by atoms with van der Waals surface area (Å²) in [7, 11) is -12.2. The number of para-hydroxylation sites is 1. The van der Waals surface area contributed by atoms with E-state index in [0.717, 1.165) is 29.6 Å². The summed E-state index contributed by atoms with van der Waals surface area (Å²) >= 11 is 1.54. The monoisotopic (exact) mass is 990 g/mol. The molecule has 0 heterocycles. The van der Waals surface area contributed by atoms with Crippen molar-refractivity contribution >= 4 is 111 Å². The second kappa shape index (κ2) is 22.4. The number of azo groups is 2. The van der Waals surface area contributed by atoms with Crippen LogP contribution in [0.4, 0.5) is 34.1 Å². The first-order valence-electron chi connectivity index (χ1n) is 16.4. The standard InChI is InChI=1S/C33H28N6O17S6.H2O/c1-39(22-5-3-2-4-6-22)13-16-60(43,44)24-11-12-25(26(19-24)58-54-52-41)36-38-32-28(61(45,46)47)18-20-17-27(59-55-53-42)31(30(34)29(20)33(32)40)37-35-21-7-9-23(10-8-21)57-15-14-51-56-62(48,49)50;/h2-12,17-19,40-42H,13,16,34H2,1H3,(H,45,46,47)(H,48,49,50);1H2. The van der Waals surface area contributed by atoms with Crippen LogP contribution < -0.4 is 10.6 Å². The number of nitrogens with zero attached hydrogens (tertiary/aromatic N) is 5. The molecule has 0 unspecified atom stereocenters. The van der Waals surface area contributed by atoms with E-state index >= 15 is 0 Å². The molecule has 0 saturated heterocycles. The van der Waals surface area contributed by atoms with Crippen molar-refractivity contribution in [2.75, 3.05) is 30.0 Å². The molecule has 0 aliphatic carbocycles. The zero-order valence-electron chi connectivity index (χ0n) is 31.4. The fourth-order valence-electron chi connectivity index (χ4n) is 5.05. The quantitative estimate of drug-likeness (QED) is 0.00715. The van der Waals surface area contributed by atoms with Gasteiger partial charge in [-0.3, -0.25) is 14.0 Å². The van der Waals surface area contributed by atoms with Crippen molar-refractivity contribution in [1.82, 2.24) is 0 Å². The molecule has 336 valence electrons. The number of nitrogens with two attached hydrogens (primary N) is 1. The van der Waals surface area contributed by atoms with Crippen LogP contribution in [0.5, 0.6) is 5.75 Å². The maximum atomic E-state index is 13.3. The molecule has 0 aromatic heterocycles. The number of fused-ring (bicyclic) bond motifs is 1. The molecule has 0 aliphatic rings. The summed E-state index contributed by atoms with van der Waals surface area (Å²) in [6, 6.07) is 20.7. The largest absolute Gasteiger partial charge is 0.505 e. The fraction of sp³-hybridized carbons (Fsp3) is 0.0909. The van der Waals surface area contributed by atoms with Crippen molar-refractivity contribution in [3.8, 4) is 17.1 Å². The van der Waals surface area contributed by atoms with Crippen molar-refractivity contribution in [3.63, 3.8) is 0 Å². The molecule has 0 fully saturated rings. The Balaban J connectivity index is 0.00000871. The lowest BCUT2D eigenvalue weighted by Gasteiger charge is -2.19. The summed E-state index contributed by atoms with van der Waals surface area (Å²) in [5, 5.41) is 54.6. The number of aromatic hydroxyl groups is 1. The van der Waals surface area contributed by atoms with Gasteiger partial charge in [-0.1, -0.05) is 28.3 Å². The van der Waals surface area contributed by atoms with Crippen molar-refractivity contribution in [1.29, 1.82) is 0 Å². The van der Waals surface area contributed by atoms with Crippen molar-refractivity contribution in [3.05, 3.63) is 84.9 Å². The maximum absolute atomic E-state index is 13.3. The summed E-state index contributed by atoms with van der Waals surface area (Å²) in [5.41, 5.74) is 5.90. The van der Waals surface area contributed by atoms with Crippen LogP contribution in [-0.2, 0) is 58.3 Å². The molecule has 0 bridgehead atoms. The molecule has 0 amide bonds. The van der Waals surface area contributed by atoms with E-state index in [9.17, 15) is 34.9 Å². The van der Waals surface area contributed by atoms with E-state index in [4.69, 9.17) is 20.8 Å². The van der Waals surface area contributed by atoms with Gasteiger partial charge >= 0.3 is 10.4 Å². The average Bonchev–Trinajstić information content (AvgIpc) is 3.23.